The zero-order valence-electron chi connectivity index (χ0n) is 15.0. The summed E-state index contributed by atoms with van der Waals surface area (Å²) in [6.07, 6.45) is 2.03. The van der Waals surface area contributed by atoms with Gasteiger partial charge in [-0.15, -0.1) is 0 Å². The van der Waals surface area contributed by atoms with Gasteiger partial charge in [0.25, 0.3) is 0 Å². The van der Waals surface area contributed by atoms with Crippen molar-refractivity contribution < 1.29 is 9.53 Å². The Kier molecular flexibility index (Phi) is 6.49. The first-order valence-electron chi connectivity index (χ1n) is 8.94. The molecule has 1 amide bonds. The van der Waals surface area contributed by atoms with Crippen molar-refractivity contribution in [3.63, 3.8) is 0 Å². The number of ether oxygens (including phenoxy) is 1. The molecule has 0 atom stereocenters. The highest BCUT2D eigenvalue weighted by atomic mass is 16.6. The van der Waals surface area contributed by atoms with E-state index in [0.717, 1.165) is 43.3 Å². The van der Waals surface area contributed by atoms with Gasteiger partial charge < -0.3 is 9.64 Å². The van der Waals surface area contributed by atoms with E-state index in [9.17, 15) is 4.79 Å². The zero-order valence-corrected chi connectivity index (χ0v) is 15.0. The van der Waals surface area contributed by atoms with Crippen molar-refractivity contribution in [2.24, 2.45) is 23.7 Å². The Labute approximate surface area is 141 Å². The number of carbonyl (C=O) groups excluding carboxylic acids is 1. The molecule has 128 valence electrons. The predicted molar refractivity (Wildman–Crippen MR) is 94.1 cm³/mol. The summed E-state index contributed by atoms with van der Waals surface area (Å²) in [5.41, 5.74) is 1.04. The quantitative estimate of drug-likeness (QED) is 0.768. The van der Waals surface area contributed by atoms with Crippen molar-refractivity contribution in [3.05, 3.63) is 35.9 Å². The van der Waals surface area contributed by atoms with E-state index in [1.54, 1.807) is 0 Å². The van der Waals surface area contributed by atoms with Crippen LogP contribution in [-0.4, -0.2) is 24.1 Å². The second kappa shape index (κ2) is 8.37. The number of benzene rings is 1. The van der Waals surface area contributed by atoms with E-state index < -0.39 is 0 Å². The lowest BCUT2D eigenvalue weighted by Crippen LogP contribution is -2.41. The molecule has 0 unspecified atom stereocenters. The van der Waals surface area contributed by atoms with Crippen molar-refractivity contribution in [2.75, 3.05) is 13.1 Å². The Bertz CT molecular complexity index is 468. The van der Waals surface area contributed by atoms with Crippen LogP contribution in [0.2, 0.25) is 0 Å². The number of hydrogen-bond acceptors (Lipinski definition) is 2. The maximum atomic E-state index is 12.2. The van der Waals surface area contributed by atoms with Crippen LogP contribution in [0.3, 0.4) is 0 Å². The van der Waals surface area contributed by atoms with E-state index in [2.05, 4.69) is 27.7 Å². The molecule has 0 bridgehead atoms. The van der Waals surface area contributed by atoms with Crippen molar-refractivity contribution in [2.45, 2.75) is 47.1 Å². The Hall–Kier alpha value is -1.51. The molecule has 1 heterocycles. The van der Waals surface area contributed by atoms with Crippen LogP contribution in [0.1, 0.15) is 46.1 Å². The van der Waals surface area contributed by atoms with Crippen LogP contribution in [0, 0.1) is 23.7 Å². The van der Waals surface area contributed by atoms with Gasteiger partial charge in [-0.2, -0.15) is 0 Å². The average molecular weight is 317 g/mol. The number of carbonyl (C=O) groups is 1. The van der Waals surface area contributed by atoms with E-state index in [1.807, 2.05) is 35.2 Å². The molecule has 0 radical (unpaired) electrons. The molecule has 0 saturated carbocycles. The summed E-state index contributed by atoms with van der Waals surface area (Å²) in [5.74, 6) is 2.89. The summed E-state index contributed by atoms with van der Waals surface area (Å²) in [7, 11) is 0. The second-order valence-electron chi connectivity index (χ2n) is 7.43. The molecule has 1 aliphatic rings. The number of likely N-dealkylation sites (tertiary alicyclic amines) is 1. The predicted octanol–water partition coefficient (Wildman–Crippen LogP) is 4.96. The van der Waals surface area contributed by atoms with Crippen LogP contribution < -0.4 is 0 Å². The summed E-state index contributed by atoms with van der Waals surface area (Å²) in [4.78, 5) is 14.1. The smallest absolute Gasteiger partial charge is 0.410 e. The number of nitrogens with zero attached hydrogens (tertiary/aromatic N) is 1. The molecule has 2 rings (SSSR count). The third kappa shape index (κ3) is 4.98. The van der Waals surface area contributed by atoms with Gasteiger partial charge in [0.1, 0.15) is 6.61 Å². The summed E-state index contributed by atoms with van der Waals surface area (Å²) in [5, 5.41) is 0. The molecule has 3 nitrogen and oxygen atoms in total. The molecule has 3 heteroatoms. The van der Waals surface area contributed by atoms with Gasteiger partial charge in [0.15, 0.2) is 0 Å². The number of piperidine rings is 1. The molecule has 23 heavy (non-hydrogen) atoms. The first kappa shape index (κ1) is 17.8. The fourth-order valence-electron chi connectivity index (χ4n) is 4.14. The van der Waals surface area contributed by atoms with E-state index >= 15 is 0 Å². The monoisotopic (exact) mass is 317 g/mol. The topological polar surface area (TPSA) is 29.5 Å². The molecule has 0 aliphatic carbocycles. The van der Waals surface area contributed by atoms with Gasteiger partial charge >= 0.3 is 6.09 Å². The Morgan fingerprint density at radius 3 is 2.17 bits per heavy atom. The Morgan fingerprint density at radius 2 is 1.65 bits per heavy atom. The molecule has 1 aromatic rings. The van der Waals surface area contributed by atoms with Gasteiger partial charge in [-0.05, 0) is 42.1 Å². The van der Waals surface area contributed by atoms with Crippen LogP contribution in [0.5, 0.6) is 0 Å². The molecule has 1 fully saturated rings. The lowest BCUT2D eigenvalue weighted by Gasteiger charge is -2.39. The number of amides is 1. The number of hydrogen-bond donors (Lipinski definition) is 0. The van der Waals surface area contributed by atoms with Crippen molar-refractivity contribution >= 4 is 6.09 Å². The molecule has 0 aromatic heterocycles. The summed E-state index contributed by atoms with van der Waals surface area (Å²) in [6, 6.07) is 9.86. The van der Waals surface area contributed by atoms with Crippen molar-refractivity contribution in [1.82, 2.24) is 4.90 Å². The second-order valence-corrected chi connectivity index (χ2v) is 7.43. The molecule has 1 aromatic carbocycles. The van der Waals surface area contributed by atoms with Crippen LogP contribution in [0.25, 0.3) is 0 Å². The molecule has 1 saturated heterocycles. The molecule has 0 N–H and O–H groups in total. The van der Waals surface area contributed by atoms with Crippen LogP contribution in [0.4, 0.5) is 4.79 Å². The van der Waals surface area contributed by atoms with Crippen molar-refractivity contribution in [3.8, 4) is 0 Å². The maximum Gasteiger partial charge on any atom is 0.410 e. The third-order valence-electron chi connectivity index (χ3n) is 5.09. The molecular formula is C20H31NO2. The lowest BCUT2D eigenvalue weighted by atomic mass is 9.72. The average Bonchev–Trinajstić information content (AvgIpc) is 2.53. The van der Waals surface area contributed by atoms with E-state index in [1.165, 1.54) is 0 Å². The van der Waals surface area contributed by atoms with E-state index in [0.29, 0.717) is 18.4 Å². The highest BCUT2D eigenvalue weighted by Crippen LogP contribution is 2.35. The van der Waals surface area contributed by atoms with Gasteiger partial charge in [0.05, 0.1) is 0 Å². The minimum Gasteiger partial charge on any atom is -0.445 e. The minimum absolute atomic E-state index is 0.169. The van der Waals surface area contributed by atoms with Gasteiger partial charge in [0, 0.05) is 13.1 Å². The maximum absolute atomic E-state index is 12.2. The normalized spacial score (nSPS) is 16.4. The van der Waals surface area contributed by atoms with Gasteiger partial charge in [0.2, 0.25) is 0 Å². The number of rotatable bonds is 5. The van der Waals surface area contributed by atoms with Gasteiger partial charge in [-0.3, -0.25) is 0 Å². The first-order valence-corrected chi connectivity index (χ1v) is 8.94. The van der Waals surface area contributed by atoms with Crippen LogP contribution in [-0.2, 0) is 11.3 Å². The van der Waals surface area contributed by atoms with Crippen LogP contribution in [0.15, 0.2) is 30.3 Å². The van der Waals surface area contributed by atoms with Gasteiger partial charge in [-0.25, -0.2) is 4.79 Å². The largest absolute Gasteiger partial charge is 0.445 e. The Balaban J connectivity index is 1.80. The van der Waals surface area contributed by atoms with E-state index in [4.69, 9.17) is 4.74 Å². The summed E-state index contributed by atoms with van der Waals surface area (Å²) in [6.45, 7) is 11.3. The minimum atomic E-state index is -0.169. The summed E-state index contributed by atoms with van der Waals surface area (Å²) < 4.78 is 5.45. The van der Waals surface area contributed by atoms with E-state index in [-0.39, 0.29) is 6.09 Å². The standard InChI is InChI=1S/C20H31NO2/c1-15(2)19(16(3)4)18-10-12-21(13-11-18)20(22)23-14-17-8-6-5-7-9-17/h5-9,15-16,18-19H,10-14H2,1-4H3. The lowest BCUT2D eigenvalue weighted by molar-refractivity contribution is 0.0634. The Morgan fingerprint density at radius 1 is 1.09 bits per heavy atom. The molecular weight excluding hydrogens is 286 g/mol. The van der Waals surface area contributed by atoms with Gasteiger partial charge in [-0.1, -0.05) is 58.0 Å². The summed E-state index contributed by atoms with van der Waals surface area (Å²) >= 11 is 0. The molecule has 0 spiro atoms. The van der Waals surface area contributed by atoms with Crippen molar-refractivity contribution in [1.29, 1.82) is 0 Å². The highest BCUT2D eigenvalue weighted by Gasteiger charge is 2.32. The first-order chi connectivity index (χ1) is 11.0. The third-order valence-corrected chi connectivity index (χ3v) is 5.09. The molecule has 1 aliphatic heterocycles. The van der Waals surface area contributed by atoms with Crippen LogP contribution >= 0.6 is 0 Å². The zero-order chi connectivity index (χ0) is 16.8. The highest BCUT2D eigenvalue weighted by molar-refractivity contribution is 5.67. The SMILES string of the molecule is CC(C)C(C(C)C)C1CCN(C(=O)OCc2ccccc2)CC1. The fraction of sp³-hybridized carbons (Fsp3) is 0.650. The fourth-order valence-corrected chi connectivity index (χ4v) is 4.14.